The predicted octanol–water partition coefficient (Wildman–Crippen LogP) is 6.61. The molecular weight excluding hydrogens is 388 g/mol. The van der Waals surface area contributed by atoms with E-state index in [-0.39, 0.29) is 0 Å². The zero-order chi connectivity index (χ0) is 20.5. The topological polar surface area (TPSA) is 57.4 Å². The van der Waals surface area contributed by atoms with Gasteiger partial charge in [-0.1, -0.05) is 30.9 Å². The van der Waals surface area contributed by atoms with E-state index in [0.29, 0.717) is 0 Å². The van der Waals surface area contributed by atoms with Crippen LogP contribution in [-0.4, -0.2) is 20.2 Å². The summed E-state index contributed by atoms with van der Waals surface area (Å²) < 4.78 is 0. The quantitative estimate of drug-likeness (QED) is 0.322. The van der Waals surface area contributed by atoms with Gasteiger partial charge >= 0.3 is 0 Å². The molecule has 0 saturated heterocycles. The number of thiophene rings is 1. The fourth-order valence-electron chi connectivity index (χ4n) is 3.77. The Morgan fingerprint density at radius 2 is 2.07 bits per heavy atom. The van der Waals surface area contributed by atoms with E-state index >= 15 is 0 Å². The number of pyridine rings is 1. The number of aromatic nitrogens is 4. The summed E-state index contributed by atoms with van der Waals surface area (Å²) >= 11 is 1.69. The van der Waals surface area contributed by atoms with Gasteiger partial charge in [0.15, 0.2) is 0 Å². The van der Waals surface area contributed by atoms with Crippen molar-refractivity contribution in [2.24, 2.45) is 0 Å². The van der Waals surface area contributed by atoms with Crippen LogP contribution >= 0.6 is 11.3 Å². The molecular formula is C25H20N4S. The molecule has 5 rings (SSSR count). The van der Waals surface area contributed by atoms with Crippen LogP contribution in [0.2, 0.25) is 0 Å². The van der Waals surface area contributed by atoms with Gasteiger partial charge in [0.2, 0.25) is 0 Å². The van der Waals surface area contributed by atoms with Crippen LogP contribution in [0.15, 0.2) is 84.3 Å². The number of aromatic amines is 2. The summed E-state index contributed by atoms with van der Waals surface area (Å²) in [5, 5.41) is 13.1. The highest BCUT2D eigenvalue weighted by Gasteiger charge is 2.16. The fraction of sp³-hybridized carbons (Fsp3) is 0.0400. The Morgan fingerprint density at radius 1 is 1.13 bits per heavy atom. The summed E-state index contributed by atoms with van der Waals surface area (Å²) in [5.74, 6) is 0. The zero-order valence-electron chi connectivity index (χ0n) is 16.5. The summed E-state index contributed by atoms with van der Waals surface area (Å²) in [6.07, 6.45) is 7.57. The van der Waals surface area contributed by atoms with Crippen molar-refractivity contribution in [1.82, 2.24) is 20.2 Å². The minimum absolute atomic E-state index is 0.911. The van der Waals surface area contributed by atoms with Gasteiger partial charge < -0.3 is 4.98 Å². The van der Waals surface area contributed by atoms with Crippen LogP contribution in [0, 0.1) is 6.92 Å². The third-order valence-corrected chi connectivity index (χ3v) is 5.92. The van der Waals surface area contributed by atoms with E-state index in [9.17, 15) is 0 Å². The van der Waals surface area contributed by atoms with E-state index in [0.717, 1.165) is 50.2 Å². The number of allylic oxidation sites excluding steroid dienone is 2. The van der Waals surface area contributed by atoms with Gasteiger partial charge in [-0.25, -0.2) is 0 Å². The smallest absolute Gasteiger partial charge is 0.116 e. The zero-order valence-corrected chi connectivity index (χ0v) is 17.3. The molecule has 2 N–H and O–H groups in total. The van der Waals surface area contributed by atoms with Crippen LogP contribution in [0.3, 0.4) is 0 Å². The van der Waals surface area contributed by atoms with Crippen LogP contribution in [0.25, 0.3) is 39.0 Å². The van der Waals surface area contributed by atoms with Gasteiger partial charge in [0, 0.05) is 34.6 Å². The molecule has 0 spiro atoms. The lowest BCUT2D eigenvalue weighted by Gasteiger charge is -2.04. The van der Waals surface area contributed by atoms with E-state index in [2.05, 4.69) is 86.9 Å². The fourth-order valence-corrected chi connectivity index (χ4v) is 4.43. The van der Waals surface area contributed by atoms with Crippen molar-refractivity contribution in [2.45, 2.75) is 6.92 Å². The van der Waals surface area contributed by atoms with Crippen molar-refractivity contribution in [3.05, 3.63) is 101 Å². The van der Waals surface area contributed by atoms with Crippen LogP contribution in [0.4, 0.5) is 0 Å². The normalized spacial score (nSPS) is 11.8. The SMILES string of the molecule is C=C/C=C(/c1ccsc1)c1cc(-c2n[nH]c3ccc(-c4cccnc4)cc23)[nH]c1C. The number of rotatable bonds is 5. The second-order valence-electron chi connectivity index (χ2n) is 7.12. The van der Waals surface area contributed by atoms with Gasteiger partial charge in [-0.3, -0.25) is 10.1 Å². The summed E-state index contributed by atoms with van der Waals surface area (Å²) in [4.78, 5) is 7.78. The van der Waals surface area contributed by atoms with Crippen LogP contribution in [0.5, 0.6) is 0 Å². The number of hydrogen-bond acceptors (Lipinski definition) is 3. The first kappa shape index (κ1) is 18.3. The molecule has 30 heavy (non-hydrogen) atoms. The number of nitrogens with one attached hydrogen (secondary N) is 2. The Bertz CT molecular complexity index is 1360. The number of fused-ring (bicyclic) bond motifs is 1. The molecule has 1 aromatic carbocycles. The van der Waals surface area contributed by atoms with E-state index in [1.54, 1.807) is 17.5 Å². The third kappa shape index (κ3) is 3.19. The number of H-pyrrole nitrogens is 2. The predicted molar refractivity (Wildman–Crippen MR) is 125 cm³/mol. The first-order valence-electron chi connectivity index (χ1n) is 9.69. The molecule has 0 unspecified atom stereocenters. The van der Waals surface area contributed by atoms with Gasteiger partial charge in [-0.05, 0) is 64.7 Å². The third-order valence-electron chi connectivity index (χ3n) is 5.23. The van der Waals surface area contributed by atoms with Gasteiger partial charge in [-0.15, -0.1) is 0 Å². The average Bonchev–Trinajstić information content (AvgIpc) is 3.52. The first-order valence-corrected chi connectivity index (χ1v) is 10.6. The summed E-state index contributed by atoms with van der Waals surface area (Å²) in [7, 11) is 0. The van der Waals surface area contributed by atoms with E-state index in [1.807, 2.05) is 18.3 Å². The van der Waals surface area contributed by atoms with Gasteiger partial charge in [-0.2, -0.15) is 16.4 Å². The molecule has 0 aliphatic heterocycles. The number of aryl methyl sites for hydroxylation is 1. The van der Waals surface area contributed by atoms with Crippen LogP contribution < -0.4 is 0 Å². The lowest BCUT2D eigenvalue weighted by Crippen LogP contribution is -1.86. The average molecular weight is 409 g/mol. The van der Waals surface area contributed by atoms with Crippen molar-refractivity contribution in [3.63, 3.8) is 0 Å². The monoisotopic (exact) mass is 408 g/mol. The van der Waals surface area contributed by atoms with Crippen molar-refractivity contribution in [1.29, 1.82) is 0 Å². The highest BCUT2D eigenvalue weighted by molar-refractivity contribution is 7.08. The summed E-state index contributed by atoms with van der Waals surface area (Å²) in [5.41, 5.74) is 9.71. The molecule has 4 nitrogen and oxygen atoms in total. The second kappa shape index (κ2) is 7.61. The van der Waals surface area contributed by atoms with Crippen molar-refractivity contribution in [3.8, 4) is 22.5 Å². The maximum absolute atomic E-state index is 4.61. The van der Waals surface area contributed by atoms with Crippen LogP contribution in [0.1, 0.15) is 16.8 Å². The molecule has 4 heterocycles. The standard InChI is InChI=1S/C25H20N4S/c1-3-5-20(19-9-11-30-15-19)21-13-24(27-16(21)2)25-22-12-17(7-8-23(22)28-29-25)18-6-4-10-26-14-18/h3-15,27H,1H2,2H3,(H,28,29)/b20-5-. The number of hydrogen-bond donors (Lipinski definition) is 2. The molecule has 0 saturated carbocycles. The van der Waals surface area contributed by atoms with Crippen molar-refractivity contribution < 1.29 is 0 Å². The first-order chi connectivity index (χ1) is 14.7. The van der Waals surface area contributed by atoms with Gasteiger partial charge in [0.25, 0.3) is 0 Å². The summed E-state index contributed by atoms with van der Waals surface area (Å²) in [6.45, 7) is 5.99. The molecule has 5 aromatic rings. The highest BCUT2D eigenvalue weighted by Crippen LogP contribution is 2.34. The van der Waals surface area contributed by atoms with E-state index < -0.39 is 0 Å². The summed E-state index contributed by atoms with van der Waals surface area (Å²) in [6, 6.07) is 14.7. The lowest BCUT2D eigenvalue weighted by molar-refractivity contribution is 1.11. The molecule has 0 amide bonds. The molecule has 0 bridgehead atoms. The van der Waals surface area contributed by atoms with Gasteiger partial charge in [0.1, 0.15) is 5.69 Å². The molecule has 146 valence electrons. The molecule has 0 aliphatic carbocycles. The molecule has 5 heteroatoms. The minimum Gasteiger partial charge on any atom is -0.357 e. The molecule has 4 aromatic heterocycles. The second-order valence-corrected chi connectivity index (χ2v) is 7.90. The lowest BCUT2D eigenvalue weighted by atomic mass is 9.99. The molecule has 0 fully saturated rings. The van der Waals surface area contributed by atoms with E-state index in [1.165, 1.54) is 5.56 Å². The molecule has 0 radical (unpaired) electrons. The number of nitrogens with zero attached hydrogens (tertiary/aromatic N) is 2. The van der Waals surface area contributed by atoms with Crippen molar-refractivity contribution >= 4 is 27.8 Å². The maximum atomic E-state index is 4.61. The Hall–Kier alpha value is -3.70. The number of benzene rings is 1. The largest absolute Gasteiger partial charge is 0.357 e. The highest BCUT2D eigenvalue weighted by atomic mass is 32.1. The Kier molecular flexibility index (Phi) is 4.65. The van der Waals surface area contributed by atoms with Crippen molar-refractivity contribution in [2.75, 3.05) is 0 Å². The Balaban J connectivity index is 1.62. The minimum atomic E-state index is 0.911. The van der Waals surface area contributed by atoms with Gasteiger partial charge in [0.05, 0.1) is 11.2 Å². The maximum Gasteiger partial charge on any atom is 0.116 e. The molecule has 0 aliphatic rings. The van der Waals surface area contributed by atoms with E-state index in [4.69, 9.17) is 0 Å². The Morgan fingerprint density at radius 3 is 2.83 bits per heavy atom. The Labute approximate surface area is 178 Å². The molecule has 0 atom stereocenters. The van der Waals surface area contributed by atoms with Crippen LogP contribution in [-0.2, 0) is 0 Å².